The van der Waals surface area contributed by atoms with Crippen molar-refractivity contribution in [2.45, 2.75) is 0 Å². The van der Waals surface area contributed by atoms with E-state index < -0.39 is 17.2 Å². The van der Waals surface area contributed by atoms with Gasteiger partial charge >= 0.3 is 0 Å². The Morgan fingerprint density at radius 2 is 1.78 bits per heavy atom. The highest BCUT2D eigenvalue weighted by molar-refractivity contribution is 6.01. The first kappa shape index (κ1) is 18.8. The van der Waals surface area contributed by atoms with Crippen LogP contribution in [0.4, 0.5) is 10.1 Å². The molecule has 2 aliphatic rings. The van der Waals surface area contributed by atoms with E-state index in [-0.39, 0.29) is 22.4 Å². The first-order valence-electron chi connectivity index (χ1n) is 10.3. The Kier molecular flexibility index (Phi) is 4.00. The molecule has 0 spiro atoms. The second kappa shape index (κ2) is 6.80. The third-order valence-corrected chi connectivity index (χ3v) is 6.06. The minimum atomic E-state index is -0.767. The summed E-state index contributed by atoms with van der Waals surface area (Å²) in [5.74, 6) is -0.638. The van der Waals surface area contributed by atoms with Crippen LogP contribution in [0.15, 0.2) is 53.5 Å². The molecule has 8 heteroatoms. The lowest BCUT2D eigenvalue weighted by molar-refractivity contribution is 0.0302. The van der Waals surface area contributed by atoms with Gasteiger partial charge in [0.15, 0.2) is 17.3 Å². The fourth-order valence-electron chi connectivity index (χ4n) is 4.41. The van der Waals surface area contributed by atoms with Crippen LogP contribution < -0.4 is 15.9 Å². The minimum absolute atomic E-state index is 0.0319. The highest BCUT2D eigenvalue weighted by Crippen LogP contribution is 2.45. The van der Waals surface area contributed by atoms with Crippen molar-refractivity contribution in [3.8, 4) is 17.2 Å². The summed E-state index contributed by atoms with van der Waals surface area (Å²) < 4.78 is 27.7. The van der Waals surface area contributed by atoms with Gasteiger partial charge in [-0.3, -0.25) is 9.59 Å². The number of ether oxygens (including phenoxy) is 2. The molecule has 0 radical (unpaired) electrons. The fraction of sp³-hybridized carbons (Fsp3) is 0.167. The molecular weight excluding hydrogens is 413 g/mol. The molecule has 1 fully saturated rings. The van der Waals surface area contributed by atoms with Crippen molar-refractivity contribution in [2.75, 3.05) is 32.0 Å². The van der Waals surface area contributed by atoms with E-state index in [0.717, 1.165) is 16.8 Å². The molecule has 1 amide bonds. The van der Waals surface area contributed by atoms with E-state index in [1.54, 1.807) is 9.47 Å². The number of halogens is 1. The number of nitrogen functional groups attached to an aromatic ring is 1. The van der Waals surface area contributed by atoms with Crippen LogP contribution >= 0.6 is 0 Å². The molecule has 160 valence electrons. The van der Waals surface area contributed by atoms with Crippen LogP contribution in [0.25, 0.3) is 27.4 Å². The van der Waals surface area contributed by atoms with Gasteiger partial charge in [0, 0.05) is 19.3 Å². The van der Waals surface area contributed by atoms with Crippen LogP contribution in [-0.2, 0) is 4.74 Å². The largest absolute Gasteiger partial charge is 0.451 e. The lowest BCUT2D eigenvalue weighted by Crippen LogP contribution is -2.42. The number of pyridine rings is 1. The molecule has 0 atom stereocenters. The summed E-state index contributed by atoms with van der Waals surface area (Å²) in [6.07, 6.45) is 1.51. The molecular formula is C24H18FN3O4. The summed E-state index contributed by atoms with van der Waals surface area (Å²) in [4.78, 5) is 28.1. The van der Waals surface area contributed by atoms with E-state index in [1.165, 1.54) is 6.20 Å². The lowest BCUT2D eigenvalue weighted by Gasteiger charge is -2.28. The Balaban J connectivity index is 1.68. The van der Waals surface area contributed by atoms with Crippen molar-refractivity contribution < 1.29 is 18.7 Å². The van der Waals surface area contributed by atoms with Crippen molar-refractivity contribution in [2.24, 2.45) is 0 Å². The van der Waals surface area contributed by atoms with E-state index in [2.05, 4.69) is 0 Å². The van der Waals surface area contributed by atoms with Gasteiger partial charge < -0.3 is 24.7 Å². The predicted molar refractivity (Wildman–Crippen MR) is 118 cm³/mol. The van der Waals surface area contributed by atoms with Gasteiger partial charge in [-0.05, 0) is 29.0 Å². The van der Waals surface area contributed by atoms with E-state index >= 15 is 0 Å². The second-order valence-corrected chi connectivity index (χ2v) is 7.91. The molecule has 2 aliphatic heterocycles. The normalized spacial score (nSPS) is 15.0. The Morgan fingerprint density at radius 3 is 2.53 bits per heavy atom. The number of benzene rings is 3. The summed E-state index contributed by atoms with van der Waals surface area (Å²) in [5, 5.41) is 1.94. The molecule has 0 unspecified atom stereocenters. The SMILES string of the molecule is Nc1c(F)cc2c(=O)c(C(=O)N3CCOCC3)cn3c2c1Oc1cc2ccccc2cc1-3. The van der Waals surface area contributed by atoms with Crippen LogP contribution in [0.3, 0.4) is 0 Å². The predicted octanol–water partition coefficient (Wildman–Crippen LogP) is 3.44. The van der Waals surface area contributed by atoms with E-state index in [4.69, 9.17) is 15.2 Å². The number of nitrogens with zero attached hydrogens (tertiary/aromatic N) is 2. The highest BCUT2D eigenvalue weighted by Gasteiger charge is 2.29. The highest BCUT2D eigenvalue weighted by atomic mass is 19.1. The summed E-state index contributed by atoms with van der Waals surface area (Å²) in [6.45, 7) is 1.60. The Hall–Kier alpha value is -3.91. The summed E-state index contributed by atoms with van der Waals surface area (Å²) >= 11 is 0. The first-order chi connectivity index (χ1) is 15.5. The van der Waals surface area contributed by atoms with Crippen molar-refractivity contribution in [3.05, 3.63) is 70.3 Å². The summed E-state index contributed by atoms with van der Waals surface area (Å²) in [7, 11) is 0. The van der Waals surface area contributed by atoms with Crippen LogP contribution in [0.1, 0.15) is 10.4 Å². The lowest BCUT2D eigenvalue weighted by atomic mass is 10.0. The number of rotatable bonds is 1. The average Bonchev–Trinajstić information content (AvgIpc) is 2.82. The van der Waals surface area contributed by atoms with Gasteiger partial charge in [0.1, 0.15) is 16.8 Å². The topological polar surface area (TPSA) is 86.8 Å². The van der Waals surface area contributed by atoms with Gasteiger partial charge in [-0.1, -0.05) is 24.3 Å². The second-order valence-electron chi connectivity index (χ2n) is 7.91. The molecule has 1 aromatic heterocycles. The van der Waals surface area contributed by atoms with Gasteiger partial charge in [-0.15, -0.1) is 0 Å². The number of hydrogen-bond donors (Lipinski definition) is 1. The molecule has 2 N–H and O–H groups in total. The maximum atomic E-state index is 14.7. The van der Waals surface area contributed by atoms with Crippen molar-refractivity contribution in [3.63, 3.8) is 0 Å². The maximum absolute atomic E-state index is 14.7. The number of hydrogen-bond acceptors (Lipinski definition) is 5. The number of fused-ring (bicyclic) bond motifs is 3. The molecule has 7 nitrogen and oxygen atoms in total. The number of carbonyl (C=O) groups excluding carboxylic acids is 1. The molecule has 6 rings (SSSR count). The molecule has 3 aromatic carbocycles. The van der Waals surface area contributed by atoms with Crippen molar-refractivity contribution in [1.29, 1.82) is 0 Å². The number of morpholine rings is 1. The fourth-order valence-corrected chi connectivity index (χ4v) is 4.41. The van der Waals surface area contributed by atoms with E-state index in [1.807, 2.05) is 36.4 Å². The third-order valence-electron chi connectivity index (χ3n) is 6.06. The minimum Gasteiger partial charge on any atom is -0.451 e. The van der Waals surface area contributed by atoms with Crippen molar-refractivity contribution >= 4 is 33.3 Å². The molecule has 0 aliphatic carbocycles. The Labute approximate surface area is 181 Å². The summed E-state index contributed by atoms with van der Waals surface area (Å²) in [6, 6.07) is 12.6. The average molecular weight is 431 g/mol. The molecule has 4 aromatic rings. The van der Waals surface area contributed by atoms with Crippen molar-refractivity contribution in [1.82, 2.24) is 9.47 Å². The molecule has 1 saturated heterocycles. The number of amides is 1. The van der Waals surface area contributed by atoms with Gasteiger partial charge in [-0.2, -0.15) is 0 Å². The zero-order valence-electron chi connectivity index (χ0n) is 16.9. The zero-order chi connectivity index (χ0) is 22.0. The van der Waals surface area contributed by atoms with Gasteiger partial charge in [0.2, 0.25) is 5.43 Å². The standard InChI is InChI=1S/C24H18FN3O4/c25-17-11-15-21-23(20(17)26)32-19-10-14-4-2-1-3-13(14)9-18(19)28(21)12-16(22(15)29)24(30)27-5-7-31-8-6-27/h1-4,9-12H,5-8,26H2. The van der Waals surface area contributed by atoms with E-state index in [0.29, 0.717) is 43.3 Å². The first-order valence-corrected chi connectivity index (χ1v) is 10.3. The molecule has 0 bridgehead atoms. The van der Waals surface area contributed by atoms with Crippen LogP contribution in [0.2, 0.25) is 0 Å². The maximum Gasteiger partial charge on any atom is 0.259 e. The number of aromatic nitrogens is 1. The number of anilines is 1. The monoisotopic (exact) mass is 431 g/mol. The van der Waals surface area contributed by atoms with Crippen LogP contribution in [-0.4, -0.2) is 41.7 Å². The Bertz CT molecular complexity index is 1510. The van der Waals surface area contributed by atoms with Gasteiger partial charge in [-0.25, -0.2) is 4.39 Å². The van der Waals surface area contributed by atoms with Crippen LogP contribution in [0.5, 0.6) is 11.5 Å². The zero-order valence-corrected chi connectivity index (χ0v) is 16.9. The number of nitrogens with two attached hydrogens (primary N) is 1. The summed E-state index contributed by atoms with van der Waals surface area (Å²) in [5.41, 5.74) is 6.21. The van der Waals surface area contributed by atoms with Gasteiger partial charge in [0.05, 0.1) is 24.3 Å². The molecule has 0 saturated carbocycles. The molecule has 3 heterocycles. The third kappa shape index (κ3) is 2.63. The van der Waals surface area contributed by atoms with Crippen LogP contribution in [0, 0.1) is 5.82 Å². The smallest absolute Gasteiger partial charge is 0.259 e. The quantitative estimate of drug-likeness (QED) is 0.411. The molecule has 32 heavy (non-hydrogen) atoms. The van der Waals surface area contributed by atoms with Gasteiger partial charge in [0.25, 0.3) is 5.91 Å². The number of carbonyl (C=O) groups is 1. The van der Waals surface area contributed by atoms with E-state index in [9.17, 15) is 14.0 Å². The Morgan fingerprint density at radius 1 is 1.06 bits per heavy atom.